The van der Waals surface area contributed by atoms with Crippen LogP contribution in [0.5, 0.6) is 11.5 Å². The van der Waals surface area contributed by atoms with E-state index in [0.717, 1.165) is 5.56 Å². The first kappa shape index (κ1) is 10.7. The first-order chi connectivity index (χ1) is 6.61. The number of nitrogens with zero attached hydrogens (tertiary/aromatic N) is 1. The molecule has 0 amide bonds. The lowest BCUT2D eigenvalue weighted by Crippen LogP contribution is -1.95. The Kier molecular flexibility index (Phi) is 3.21. The van der Waals surface area contributed by atoms with Crippen molar-refractivity contribution >= 4 is 11.6 Å². The Bertz CT molecular complexity index is 396. The summed E-state index contributed by atoms with van der Waals surface area (Å²) in [6, 6.07) is 3.42. The zero-order chi connectivity index (χ0) is 10.7. The Balaban J connectivity index is 3.41. The minimum atomic E-state index is -0.0339. The maximum absolute atomic E-state index is 9.50. The molecule has 0 aliphatic heterocycles. The molecule has 0 fully saturated rings. The van der Waals surface area contributed by atoms with Crippen molar-refractivity contribution in [3.63, 3.8) is 0 Å². The molecule has 0 unspecified atom stereocenters. The van der Waals surface area contributed by atoms with Crippen molar-refractivity contribution in [3.8, 4) is 17.6 Å². The normalized spacial score (nSPS) is 9.57. The number of hydrogen-bond donors (Lipinski definition) is 1. The molecule has 0 aliphatic carbocycles. The van der Waals surface area contributed by atoms with Gasteiger partial charge in [-0.3, -0.25) is 0 Å². The van der Waals surface area contributed by atoms with Crippen LogP contribution in [-0.4, -0.2) is 12.2 Å². The number of halogens is 1. The van der Waals surface area contributed by atoms with Crippen molar-refractivity contribution in [2.24, 2.45) is 0 Å². The summed E-state index contributed by atoms with van der Waals surface area (Å²) in [6.45, 7) is 1.79. The maximum atomic E-state index is 9.50. The zero-order valence-corrected chi connectivity index (χ0v) is 8.72. The van der Waals surface area contributed by atoms with E-state index in [1.807, 2.05) is 6.07 Å². The van der Waals surface area contributed by atoms with Gasteiger partial charge in [-0.05, 0) is 12.5 Å². The molecule has 1 aromatic carbocycles. The molecule has 0 spiro atoms. The first-order valence-corrected chi connectivity index (χ1v) is 4.41. The predicted octanol–water partition coefficient (Wildman–Crippen LogP) is 2.43. The smallest absolute Gasteiger partial charge is 0.165 e. The Morgan fingerprint density at radius 1 is 1.64 bits per heavy atom. The fourth-order valence-corrected chi connectivity index (χ4v) is 1.50. The summed E-state index contributed by atoms with van der Waals surface area (Å²) in [7, 11) is 1.45. The summed E-state index contributed by atoms with van der Waals surface area (Å²) in [5, 5.41) is 18.6. The van der Waals surface area contributed by atoms with E-state index in [0.29, 0.717) is 16.3 Å². The molecule has 0 heterocycles. The number of nitriles is 1. The molecule has 3 nitrogen and oxygen atoms in total. The van der Waals surface area contributed by atoms with Gasteiger partial charge in [0, 0.05) is 16.7 Å². The van der Waals surface area contributed by atoms with E-state index >= 15 is 0 Å². The van der Waals surface area contributed by atoms with Crippen molar-refractivity contribution in [2.45, 2.75) is 13.3 Å². The quantitative estimate of drug-likeness (QED) is 0.818. The number of rotatable bonds is 2. The summed E-state index contributed by atoms with van der Waals surface area (Å²) in [6.07, 6.45) is 0.170. The van der Waals surface area contributed by atoms with E-state index in [2.05, 4.69) is 0 Å². The lowest BCUT2D eigenvalue weighted by molar-refractivity contribution is 0.370. The molecular weight excluding hydrogens is 202 g/mol. The van der Waals surface area contributed by atoms with Crippen molar-refractivity contribution in [3.05, 3.63) is 22.2 Å². The van der Waals surface area contributed by atoms with Gasteiger partial charge in [-0.15, -0.1) is 0 Å². The van der Waals surface area contributed by atoms with E-state index in [1.54, 1.807) is 6.92 Å². The number of ether oxygens (including phenoxy) is 1. The van der Waals surface area contributed by atoms with Crippen LogP contribution in [0.25, 0.3) is 0 Å². The number of phenols is 1. The summed E-state index contributed by atoms with van der Waals surface area (Å²) in [5.41, 5.74) is 1.41. The molecule has 0 saturated heterocycles. The first-order valence-electron chi connectivity index (χ1n) is 4.03. The Hall–Kier alpha value is -1.40. The molecule has 0 aliphatic rings. The molecule has 1 aromatic rings. The van der Waals surface area contributed by atoms with Crippen molar-refractivity contribution < 1.29 is 9.84 Å². The third-order valence-corrected chi connectivity index (χ3v) is 2.43. The van der Waals surface area contributed by atoms with Crippen LogP contribution in [0.2, 0.25) is 5.02 Å². The molecule has 14 heavy (non-hydrogen) atoms. The van der Waals surface area contributed by atoms with Gasteiger partial charge >= 0.3 is 0 Å². The third kappa shape index (κ3) is 1.75. The van der Waals surface area contributed by atoms with Gasteiger partial charge in [0.2, 0.25) is 0 Å². The van der Waals surface area contributed by atoms with Crippen molar-refractivity contribution in [1.82, 2.24) is 0 Å². The predicted molar refractivity (Wildman–Crippen MR) is 53.7 cm³/mol. The monoisotopic (exact) mass is 211 g/mol. The highest BCUT2D eigenvalue weighted by Gasteiger charge is 2.14. The van der Waals surface area contributed by atoms with Crippen LogP contribution >= 0.6 is 11.6 Å². The molecule has 0 bridgehead atoms. The van der Waals surface area contributed by atoms with Crippen LogP contribution in [0.3, 0.4) is 0 Å². The topological polar surface area (TPSA) is 53.2 Å². The summed E-state index contributed by atoms with van der Waals surface area (Å²) in [5.74, 6) is 0.293. The molecule has 4 heteroatoms. The number of aromatic hydroxyl groups is 1. The molecule has 0 saturated carbocycles. The molecule has 1 rings (SSSR count). The molecule has 0 radical (unpaired) electrons. The minimum absolute atomic E-state index is 0.0339. The standard InChI is InChI=1S/C10H10ClNO2/c1-6-7(3-4-12)10(14-2)9(13)5-8(6)11/h5,13H,3H2,1-2H3. The summed E-state index contributed by atoms with van der Waals surface area (Å²) < 4.78 is 5.00. The summed E-state index contributed by atoms with van der Waals surface area (Å²) >= 11 is 5.86. The van der Waals surface area contributed by atoms with Crippen LogP contribution < -0.4 is 4.74 Å². The number of hydrogen-bond acceptors (Lipinski definition) is 3. The second-order valence-electron chi connectivity index (χ2n) is 2.85. The van der Waals surface area contributed by atoms with E-state index in [-0.39, 0.29) is 12.2 Å². The van der Waals surface area contributed by atoms with Gasteiger partial charge in [-0.2, -0.15) is 5.26 Å². The highest BCUT2D eigenvalue weighted by molar-refractivity contribution is 6.31. The number of phenolic OH excluding ortho intramolecular Hbond substituents is 1. The number of methoxy groups -OCH3 is 1. The summed E-state index contributed by atoms with van der Waals surface area (Å²) in [4.78, 5) is 0. The second-order valence-corrected chi connectivity index (χ2v) is 3.26. The van der Waals surface area contributed by atoms with Crippen LogP contribution in [0.15, 0.2) is 6.07 Å². The average Bonchev–Trinajstić information content (AvgIpc) is 2.14. The lowest BCUT2D eigenvalue weighted by Gasteiger charge is -2.12. The zero-order valence-electron chi connectivity index (χ0n) is 7.97. The molecule has 1 N–H and O–H groups in total. The highest BCUT2D eigenvalue weighted by Crippen LogP contribution is 2.36. The van der Waals surface area contributed by atoms with Gasteiger partial charge < -0.3 is 9.84 Å². The average molecular weight is 212 g/mol. The maximum Gasteiger partial charge on any atom is 0.165 e. The Morgan fingerprint density at radius 2 is 2.29 bits per heavy atom. The number of benzene rings is 1. The fourth-order valence-electron chi connectivity index (χ4n) is 1.28. The SMILES string of the molecule is COc1c(O)cc(Cl)c(C)c1CC#N. The van der Waals surface area contributed by atoms with Crippen LogP contribution in [0.1, 0.15) is 11.1 Å². The van der Waals surface area contributed by atoms with Crippen LogP contribution in [-0.2, 0) is 6.42 Å². The largest absolute Gasteiger partial charge is 0.504 e. The second kappa shape index (κ2) is 4.21. The lowest BCUT2D eigenvalue weighted by atomic mass is 10.0. The van der Waals surface area contributed by atoms with Gasteiger partial charge in [-0.1, -0.05) is 11.6 Å². The minimum Gasteiger partial charge on any atom is -0.504 e. The molecule has 0 atom stereocenters. The highest BCUT2D eigenvalue weighted by atomic mass is 35.5. The van der Waals surface area contributed by atoms with Gasteiger partial charge in [0.15, 0.2) is 11.5 Å². The Morgan fingerprint density at radius 3 is 2.79 bits per heavy atom. The van der Waals surface area contributed by atoms with E-state index < -0.39 is 0 Å². The van der Waals surface area contributed by atoms with E-state index in [9.17, 15) is 5.11 Å². The van der Waals surface area contributed by atoms with Gasteiger partial charge in [0.25, 0.3) is 0 Å². The van der Waals surface area contributed by atoms with Crippen molar-refractivity contribution in [1.29, 1.82) is 5.26 Å². The van der Waals surface area contributed by atoms with Gasteiger partial charge in [-0.25, -0.2) is 0 Å². The van der Waals surface area contributed by atoms with E-state index in [4.69, 9.17) is 21.6 Å². The Labute approximate surface area is 87.5 Å². The molecular formula is C10H10ClNO2. The van der Waals surface area contributed by atoms with Gasteiger partial charge in [0.1, 0.15) is 0 Å². The molecule has 0 aromatic heterocycles. The van der Waals surface area contributed by atoms with Crippen LogP contribution in [0.4, 0.5) is 0 Å². The van der Waals surface area contributed by atoms with Crippen molar-refractivity contribution in [2.75, 3.05) is 7.11 Å². The van der Waals surface area contributed by atoms with E-state index in [1.165, 1.54) is 13.2 Å². The third-order valence-electron chi connectivity index (χ3n) is 2.04. The van der Waals surface area contributed by atoms with Gasteiger partial charge in [0.05, 0.1) is 19.6 Å². The van der Waals surface area contributed by atoms with Crippen LogP contribution in [0, 0.1) is 18.3 Å². The fraction of sp³-hybridized carbons (Fsp3) is 0.300. The molecule has 74 valence electrons.